The van der Waals surface area contributed by atoms with Crippen molar-refractivity contribution in [3.05, 3.63) is 11.6 Å². The Bertz CT molecular complexity index is 935. The Morgan fingerprint density at radius 1 is 1.03 bits per heavy atom. The van der Waals surface area contributed by atoms with Gasteiger partial charge in [0, 0.05) is 25.0 Å². The number of carbonyl (C=O) groups is 1. The second-order valence-corrected chi connectivity index (χ2v) is 13.6. The van der Waals surface area contributed by atoms with Crippen LogP contribution in [0.25, 0.3) is 0 Å². The monoisotopic (exact) mass is 518 g/mol. The third-order valence-electron chi connectivity index (χ3n) is 12.2. The second-order valence-electron chi connectivity index (χ2n) is 13.6. The highest BCUT2D eigenvalue weighted by Gasteiger charge is 2.67. The molecule has 12 atom stereocenters. The van der Waals surface area contributed by atoms with Crippen molar-refractivity contribution < 1.29 is 34.0 Å². The minimum Gasteiger partial charge on any atom is -0.458 e. The zero-order valence-corrected chi connectivity index (χ0v) is 23.0. The zero-order valence-electron chi connectivity index (χ0n) is 23.0. The van der Waals surface area contributed by atoms with E-state index >= 15 is 0 Å². The van der Waals surface area contributed by atoms with Gasteiger partial charge in [0.15, 0.2) is 6.29 Å². The number of methoxy groups -OCH3 is 1. The third kappa shape index (κ3) is 3.97. The first kappa shape index (κ1) is 26.2. The minimum atomic E-state index is -0.670. The van der Waals surface area contributed by atoms with E-state index in [2.05, 4.69) is 13.8 Å². The molecule has 0 amide bonds. The van der Waals surface area contributed by atoms with Gasteiger partial charge >= 0.3 is 5.97 Å². The number of aliphatic hydroxyl groups is 2. The van der Waals surface area contributed by atoms with E-state index in [9.17, 15) is 15.0 Å². The van der Waals surface area contributed by atoms with Crippen molar-refractivity contribution in [2.24, 2.45) is 34.5 Å². The number of carbonyl (C=O) groups excluding carboxylic acids is 1. The van der Waals surface area contributed by atoms with Crippen molar-refractivity contribution >= 4 is 5.97 Å². The first-order valence-electron chi connectivity index (χ1n) is 14.7. The highest BCUT2D eigenvalue weighted by atomic mass is 16.7. The highest BCUT2D eigenvalue weighted by molar-refractivity contribution is 5.85. The van der Waals surface area contributed by atoms with Crippen LogP contribution < -0.4 is 0 Å². The summed E-state index contributed by atoms with van der Waals surface area (Å²) in [5.74, 6) is 1.45. The van der Waals surface area contributed by atoms with Gasteiger partial charge in [-0.3, -0.25) is 0 Å². The van der Waals surface area contributed by atoms with Crippen LogP contribution in [0.2, 0.25) is 0 Å². The van der Waals surface area contributed by atoms with Gasteiger partial charge in [-0.25, -0.2) is 4.79 Å². The molecule has 0 aromatic carbocycles. The molecule has 2 aliphatic heterocycles. The van der Waals surface area contributed by atoms with Gasteiger partial charge in [0.25, 0.3) is 0 Å². The van der Waals surface area contributed by atoms with Gasteiger partial charge in [0.2, 0.25) is 0 Å². The maximum Gasteiger partial charge on any atom is 0.331 e. The maximum atomic E-state index is 12.4. The van der Waals surface area contributed by atoms with E-state index in [0.29, 0.717) is 30.8 Å². The zero-order chi connectivity index (χ0) is 26.2. The standard InChI is InChI=1S/C30H46O7/c1-17-27(32)24(34-4)15-26(36-17)37-20-7-10-28(2)19(14-20)5-6-23-22(28)8-11-29(3)21(9-12-30(23,29)33)18-13-25(31)35-16-18/h13,17,19-24,26-27,32-33H,5-12,14-16H2,1-4H3/t17-,19+,20-,21+,22-,23+,24+,26-,27+,28-,29+,30-/m0/s1. The molecule has 6 aliphatic rings. The lowest BCUT2D eigenvalue weighted by Crippen LogP contribution is -2.62. The van der Waals surface area contributed by atoms with Gasteiger partial charge in [0.1, 0.15) is 12.7 Å². The molecule has 0 radical (unpaired) electrons. The Kier molecular flexibility index (Phi) is 6.59. The summed E-state index contributed by atoms with van der Waals surface area (Å²) in [5, 5.41) is 22.7. The molecule has 1 saturated heterocycles. The smallest absolute Gasteiger partial charge is 0.331 e. The molecule has 7 nitrogen and oxygen atoms in total. The molecule has 5 fully saturated rings. The van der Waals surface area contributed by atoms with Gasteiger partial charge in [-0.1, -0.05) is 13.8 Å². The topological polar surface area (TPSA) is 94.5 Å². The largest absolute Gasteiger partial charge is 0.458 e. The molecule has 4 saturated carbocycles. The average Bonchev–Trinajstić information content (AvgIpc) is 3.41. The minimum absolute atomic E-state index is 0.166. The van der Waals surface area contributed by atoms with Crippen molar-refractivity contribution in [3.63, 3.8) is 0 Å². The third-order valence-corrected chi connectivity index (χ3v) is 12.2. The number of rotatable bonds is 4. The Balaban J connectivity index is 1.15. The summed E-state index contributed by atoms with van der Waals surface area (Å²) in [6, 6.07) is 0. The van der Waals surface area contributed by atoms with Gasteiger partial charge in [-0.05, 0) is 99.4 Å². The Morgan fingerprint density at radius 3 is 2.57 bits per heavy atom. The van der Waals surface area contributed by atoms with Gasteiger partial charge in [-0.15, -0.1) is 0 Å². The van der Waals surface area contributed by atoms with E-state index in [0.717, 1.165) is 63.4 Å². The van der Waals surface area contributed by atoms with Crippen molar-refractivity contribution in [2.75, 3.05) is 13.7 Å². The molecule has 37 heavy (non-hydrogen) atoms. The Hall–Kier alpha value is -0.990. The van der Waals surface area contributed by atoms with E-state index in [1.54, 1.807) is 13.2 Å². The van der Waals surface area contributed by atoms with Crippen LogP contribution in [0.1, 0.15) is 85.0 Å². The predicted octanol–water partition coefficient (Wildman–Crippen LogP) is 4.14. The second kappa shape index (κ2) is 9.29. The number of ether oxygens (including phenoxy) is 4. The number of fused-ring (bicyclic) bond motifs is 5. The molecule has 7 heteroatoms. The van der Waals surface area contributed by atoms with E-state index in [-0.39, 0.29) is 47.3 Å². The van der Waals surface area contributed by atoms with Crippen LogP contribution in [0, 0.1) is 34.5 Å². The molecule has 2 heterocycles. The van der Waals surface area contributed by atoms with Gasteiger partial charge in [0.05, 0.1) is 23.9 Å². The first-order valence-corrected chi connectivity index (χ1v) is 14.7. The summed E-state index contributed by atoms with van der Waals surface area (Å²) >= 11 is 0. The molecule has 0 spiro atoms. The molecule has 6 rings (SSSR count). The summed E-state index contributed by atoms with van der Waals surface area (Å²) < 4.78 is 23.2. The molecule has 2 N–H and O–H groups in total. The van der Waals surface area contributed by atoms with Crippen LogP contribution in [-0.2, 0) is 23.7 Å². The van der Waals surface area contributed by atoms with Crippen LogP contribution in [0.4, 0.5) is 0 Å². The maximum absolute atomic E-state index is 12.4. The van der Waals surface area contributed by atoms with Crippen molar-refractivity contribution in [1.29, 1.82) is 0 Å². The molecule has 0 aromatic heterocycles. The van der Waals surface area contributed by atoms with Crippen LogP contribution in [0.5, 0.6) is 0 Å². The molecular weight excluding hydrogens is 472 g/mol. The number of cyclic esters (lactones) is 1. The number of esters is 1. The molecule has 208 valence electrons. The summed E-state index contributed by atoms with van der Waals surface area (Å²) in [6.07, 6.45) is 10.2. The van der Waals surface area contributed by atoms with Crippen LogP contribution in [-0.4, -0.2) is 66.2 Å². The van der Waals surface area contributed by atoms with E-state index in [1.807, 2.05) is 6.92 Å². The van der Waals surface area contributed by atoms with Crippen molar-refractivity contribution in [2.45, 2.75) is 121 Å². The van der Waals surface area contributed by atoms with E-state index in [1.165, 1.54) is 0 Å². The van der Waals surface area contributed by atoms with Crippen LogP contribution >= 0.6 is 0 Å². The lowest BCUT2D eigenvalue weighted by Gasteiger charge is -2.64. The summed E-state index contributed by atoms with van der Waals surface area (Å²) in [4.78, 5) is 11.8. The fraction of sp³-hybridized carbons (Fsp3) is 0.900. The number of hydrogen-bond donors (Lipinski definition) is 2. The number of aliphatic hydroxyl groups excluding tert-OH is 1. The normalized spacial score (nSPS) is 53.6. The molecule has 0 bridgehead atoms. The molecule has 0 unspecified atom stereocenters. The molecule has 0 aromatic rings. The lowest BCUT2D eigenvalue weighted by molar-refractivity contribution is -0.273. The summed E-state index contributed by atoms with van der Waals surface area (Å²) in [7, 11) is 1.64. The summed E-state index contributed by atoms with van der Waals surface area (Å²) in [6.45, 7) is 7.07. The van der Waals surface area contributed by atoms with Crippen molar-refractivity contribution in [1.82, 2.24) is 0 Å². The Labute approximate surface area is 221 Å². The number of hydrogen-bond acceptors (Lipinski definition) is 7. The Morgan fingerprint density at radius 2 is 1.84 bits per heavy atom. The lowest BCUT2D eigenvalue weighted by atomic mass is 9.43. The van der Waals surface area contributed by atoms with Gasteiger partial charge < -0.3 is 29.2 Å². The SMILES string of the molecule is CO[C@@H]1C[C@H](O[C@H]2CC[C@@]3(C)[C@H](CC[C@@H]4[C@@H]3CC[C@]3(C)[C@@H](C5=CC(=O)OC5)CC[C@]43O)C2)O[C@@H](C)[C@H]1O. The van der Waals surface area contributed by atoms with Gasteiger partial charge in [-0.2, -0.15) is 0 Å². The van der Waals surface area contributed by atoms with E-state index < -0.39 is 11.7 Å². The predicted molar refractivity (Wildman–Crippen MR) is 136 cm³/mol. The van der Waals surface area contributed by atoms with E-state index in [4.69, 9.17) is 18.9 Å². The highest BCUT2D eigenvalue weighted by Crippen LogP contribution is 2.70. The first-order chi connectivity index (χ1) is 17.6. The summed E-state index contributed by atoms with van der Waals surface area (Å²) in [5.41, 5.74) is 0.461. The fourth-order valence-corrected chi connectivity index (χ4v) is 10.0. The van der Waals surface area contributed by atoms with Crippen molar-refractivity contribution in [3.8, 4) is 0 Å². The molecule has 4 aliphatic carbocycles. The quantitative estimate of drug-likeness (QED) is 0.427. The van der Waals surface area contributed by atoms with Crippen LogP contribution in [0.3, 0.4) is 0 Å². The average molecular weight is 519 g/mol. The molecular formula is C30H46O7. The van der Waals surface area contributed by atoms with Crippen LogP contribution in [0.15, 0.2) is 11.6 Å². The fourth-order valence-electron chi connectivity index (χ4n) is 10.0.